The van der Waals surface area contributed by atoms with Gasteiger partial charge in [-0.15, -0.1) is 0 Å². The fraction of sp³-hybridized carbons (Fsp3) is 0.130. The molecule has 0 aliphatic carbocycles. The standard InChI is InChI=1S/C23H20Cl3N3OS/c24-23(25,26)21(29-22(31)27-18-14-8-3-9-15-18)28-20(30)19(16-10-4-1-5-11-16)17-12-6-2-7-13-17/h1-15,19,21H,(H,28,30)(H2,27,29,31)/t21-/m0/s1. The Morgan fingerprint density at radius 3 is 1.65 bits per heavy atom. The normalized spacial score (nSPS) is 12.1. The molecule has 1 atom stereocenters. The van der Waals surface area contributed by atoms with Crippen molar-refractivity contribution in [2.45, 2.75) is 15.9 Å². The van der Waals surface area contributed by atoms with Gasteiger partial charge in [0.25, 0.3) is 0 Å². The minimum Gasteiger partial charge on any atom is -0.339 e. The molecule has 0 unspecified atom stereocenters. The van der Waals surface area contributed by atoms with E-state index in [4.69, 9.17) is 47.0 Å². The molecule has 31 heavy (non-hydrogen) atoms. The summed E-state index contributed by atoms with van der Waals surface area (Å²) < 4.78 is -1.85. The molecule has 0 aliphatic heterocycles. The summed E-state index contributed by atoms with van der Waals surface area (Å²) in [5.41, 5.74) is 2.40. The highest BCUT2D eigenvalue weighted by Crippen LogP contribution is 2.31. The number of para-hydroxylation sites is 1. The SMILES string of the molecule is O=C(N[C@@H](NC(=S)Nc1ccccc1)C(Cl)(Cl)Cl)C(c1ccccc1)c1ccccc1. The summed E-state index contributed by atoms with van der Waals surface area (Å²) in [4.78, 5) is 13.4. The van der Waals surface area contributed by atoms with Crippen LogP contribution in [0.5, 0.6) is 0 Å². The molecule has 8 heteroatoms. The third-order valence-electron chi connectivity index (χ3n) is 4.45. The van der Waals surface area contributed by atoms with Crippen LogP contribution in [0.4, 0.5) is 5.69 Å². The van der Waals surface area contributed by atoms with E-state index >= 15 is 0 Å². The van der Waals surface area contributed by atoms with Crippen LogP contribution in [0.2, 0.25) is 0 Å². The van der Waals surface area contributed by atoms with E-state index in [1.807, 2.05) is 91.0 Å². The first-order valence-electron chi connectivity index (χ1n) is 9.44. The van der Waals surface area contributed by atoms with Gasteiger partial charge in [-0.25, -0.2) is 0 Å². The molecule has 1 amide bonds. The van der Waals surface area contributed by atoms with Gasteiger partial charge in [-0.1, -0.05) is 114 Å². The Morgan fingerprint density at radius 2 is 1.19 bits per heavy atom. The first-order valence-corrected chi connectivity index (χ1v) is 11.0. The van der Waals surface area contributed by atoms with Crippen molar-refractivity contribution in [2.24, 2.45) is 0 Å². The van der Waals surface area contributed by atoms with Gasteiger partial charge >= 0.3 is 0 Å². The number of alkyl halides is 3. The second-order valence-electron chi connectivity index (χ2n) is 6.70. The lowest BCUT2D eigenvalue weighted by Crippen LogP contribution is -2.57. The predicted molar refractivity (Wildman–Crippen MR) is 133 cm³/mol. The zero-order valence-corrected chi connectivity index (χ0v) is 19.3. The van der Waals surface area contributed by atoms with Crippen LogP contribution in [0.15, 0.2) is 91.0 Å². The average molecular weight is 493 g/mol. The van der Waals surface area contributed by atoms with Crippen molar-refractivity contribution < 1.29 is 4.79 Å². The summed E-state index contributed by atoms with van der Waals surface area (Å²) >= 11 is 23.8. The number of amides is 1. The fourth-order valence-corrected chi connectivity index (χ4v) is 3.59. The van der Waals surface area contributed by atoms with Crippen molar-refractivity contribution in [2.75, 3.05) is 5.32 Å². The predicted octanol–water partition coefficient (Wildman–Crippen LogP) is 5.62. The summed E-state index contributed by atoms with van der Waals surface area (Å²) in [6.07, 6.45) is -1.07. The van der Waals surface area contributed by atoms with Crippen molar-refractivity contribution >= 4 is 63.7 Å². The first-order chi connectivity index (χ1) is 14.8. The molecule has 0 aliphatic rings. The second-order valence-corrected chi connectivity index (χ2v) is 9.48. The van der Waals surface area contributed by atoms with Gasteiger partial charge < -0.3 is 16.0 Å². The molecule has 3 aromatic rings. The van der Waals surface area contributed by atoms with Gasteiger partial charge in [-0.05, 0) is 35.5 Å². The van der Waals surface area contributed by atoms with Gasteiger partial charge in [0, 0.05) is 5.69 Å². The van der Waals surface area contributed by atoms with Gasteiger partial charge in [-0.3, -0.25) is 4.79 Å². The number of carbonyl (C=O) groups excluding carboxylic acids is 1. The number of thiocarbonyl (C=S) groups is 1. The fourth-order valence-electron chi connectivity index (χ4n) is 3.03. The Morgan fingerprint density at radius 1 is 0.742 bits per heavy atom. The molecule has 3 N–H and O–H groups in total. The Hall–Kier alpha value is -2.31. The molecule has 0 radical (unpaired) electrons. The highest BCUT2D eigenvalue weighted by molar-refractivity contribution is 7.80. The molecular weight excluding hydrogens is 473 g/mol. The maximum atomic E-state index is 13.4. The second kappa shape index (κ2) is 10.8. The molecule has 0 spiro atoms. The summed E-state index contributed by atoms with van der Waals surface area (Å²) in [5.74, 6) is -0.918. The van der Waals surface area contributed by atoms with Gasteiger partial charge in [0.2, 0.25) is 9.70 Å². The Kier molecular flexibility index (Phi) is 8.15. The van der Waals surface area contributed by atoms with Crippen LogP contribution in [0.1, 0.15) is 17.0 Å². The van der Waals surface area contributed by atoms with Crippen LogP contribution >= 0.6 is 47.0 Å². The van der Waals surface area contributed by atoms with Crippen molar-refractivity contribution in [3.05, 3.63) is 102 Å². The first kappa shape index (κ1) is 23.4. The number of benzene rings is 3. The van der Waals surface area contributed by atoms with E-state index in [1.54, 1.807) is 0 Å². The van der Waals surface area contributed by atoms with Gasteiger partial charge in [0.05, 0.1) is 5.92 Å². The van der Waals surface area contributed by atoms with Crippen LogP contribution in [-0.2, 0) is 4.79 Å². The van der Waals surface area contributed by atoms with Crippen LogP contribution in [0, 0.1) is 0 Å². The average Bonchev–Trinajstić information content (AvgIpc) is 2.75. The maximum Gasteiger partial charge on any atom is 0.233 e. The number of halogens is 3. The minimum atomic E-state index is -1.85. The van der Waals surface area contributed by atoms with E-state index in [0.717, 1.165) is 16.8 Å². The number of anilines is 1. The lowest BCUT2D eigenvalue weighted by Gasteiger charge is -2.29. The molecular formula is C23H20Cl3N3OS. The van der Waals surface area contributed by atoms with Crippen LogP contribution in [0.25, 0.3) is 0 Å². The highest BCUT2D eigenvalue weighted by atomic mass is 35.6. The molecule has 0 aromatic heterocycles. The van der Waals surface area contributed by atoms with Crippen LogP contribution in [-0.4, -0.2) is 21.0 Å². The van der Waals surface area contributed by atoms with Crippen LogP contribution in [0.3, 0.4) is 0 Å². The Balaban J connectivity index is 1.80. The largest absolute Gasteiger partial charge is 0.339 e. The van der Waals surface area contributed by atoms with E-state index in [0.29, 0.717) is 0 Å². The van der Waals surface area contributed by atoms with Gasteiger partial charge in [-0.2, -0.15) is 0 Å². The van der Waals surface area contributed by atoms with E-state index in [1.165, 1.54) is 0 Å². The number of rotatable bonds is 6. The third-order valence-corrected chi connectivity index (χ3v) is 5.32. The van der Waals surface area contributed by atoms with Crippen molar-refractivity contribution in [3.63, 3.8) is 0 Å². The molecule has 0 fully saturated rings. The van der Waals surface area contributed by atoms with Crippen LogP contribution < -0.4 is 16.0 Å². The summed E-state index contributed by atoms with van der Waals surface area (Å²) in [6.45, 7) is 0. The molecule has 160 valence electrons. The Labute approximate surface area is 201 Å². The molecule has 3 rings (SSSR count). The van der Waals surface area contributed by atoms with Crippen molar-refractivity contribution in [1.29, 1.82) is 0 Å². The van der Waals surface area contributed by atoms with Gasteiger partial charge in [0.1, 0.15) is 6.17 Å². The molecule has 0 heterocycles. The summed E-state index contributed by atoms with van der Waals surface area (Å²) in [5, 5.41) is 8.89. The number of nitrogens with one attached hydrogen (secondary N) is 3. The number of hydrogen-bond donors (Lipinski definition) is 3. The quantitative estimate of drug-likeness (QED) is 0.238. The zero-order valence-electron chi connectivity index (χ0n) is 16.3. The Bertz CT molecular complexity index is 959. The molecule has 3 aromatic carbocycles. The summed E-state index contributed by atoms with van der Waals surface area (Å²) in [7, 11) is 0. The van der Waals surface area contributed by atoms with E-state index in [-0.39, 0.29) is 11.0 Å². The smallest absolute Gasteiger partial charge is 0.233 e. The third kappa shape index (κ3) is 6.84. The molecule has 4 nitrogen and oxygen atoms in total. The number of carbonyl (C=O) groups is 1. The number of hydrogen-bond acceptors (Lipinski definition) is 2. The molecule has 0 saturated carbocycles. The lowest BCUT2D eigenvalue weighted by atomic mass is 9.90. The van der Waals surface area contributed by atoms with Gasteiger partial charge in [0.15, 0.2) is 5.11 Å². The molecule has 0 saturated heterocycles. The van der Waals surface area contributed by atoms with E-state index in [2.05, 4.69) is 16.0 Å². The van der Waals surface area contributed by atoms with E-state index in [9.17, 15) is 4.79 Å². The minimum absolute atomic E-state index is 0.207. The molecule has 0 bridgehead atoms. The zero-order chi connectivity index (χ0) is 22.3. The summed E-state index contributed by atoms with van der Waals surface area (Å²) in [6, 6.07) is 28.1. The van der Waals surface area contributed by atoms with Crippen molar-refractivity contribution in [1.82, 2.24) is 10.6 Å². The monoisotopic (exact) mass is 491 g/mol. The highest BCUT2D eigenvalue weighted by Gasteiger charge is 2.36. The topological polar surface area (TPSA) is 53.2 Å². The lowest BCUT2D eigenvalue weighted by molar-refractivity contribution is -0.122. The van der Waals surface area contributed by atoms with E-state index < -0.39 is 15.9 Å². The van der Waals surface area contributed by atoms with Crippen molar-refractivity contribution in [3.8, 4) is 0 Å². The maximum absolute atomic E-state index is 13.4.